The van der Waals surface area contributed by atoms with Gasteiger partial charge >= 0.3 is 0 Å². The number of hydrogen-bond acceptors (Lipinski definition) is 5. The van der Waals surface area contributed by atoms with Crippen LogP contribution in [0, 0.1) is 0 Å². The highest BCUT2D eigenvalue weighted by Gasteiger charge is 2.19. The summed E-state index contributed by atoms with van der Waals surface area (Å²) in [4.78, 5) is 24.0. The van der Waals surface area contributed by atoms with Crippen LogP contribution in [-0.4, -0.2) is 41.0 Å². The number of pyridine rings is 2. The molecule has 0 bridgehead atoms. The second kappa shape index (κ2) is 8.07. The van der Waals surface area contributed by atoms with Gasteiger partial charge in [-0.15, -0.1) is 0 Å². The van der Waals surface area contributed by atoms with Gasteiger partial charge in [-0.2, -0.15) is 0 Å². The molecule has 6 heteroatoms. The van der Waals surface area contributed by atoms with Gasteiger partial charge in [0.25, 0.3) is 5.91 Å². The third-order valence-electron chi connectivity index (χ3n) is 5.30. The molecule has 2 aromatic heterocycles. The van der Waals surface area contributed by atoms with Crippen LogP contribution in [-0.2, 0) is 6.54 Å². The molecular weight excluding hydrogens is 390 g/mol. The molecule has 1 aliphatic heterocycles. The number of ether oxygens (including phenoxy) is 2. The number of hydrogen-bond donors (Lipinski definition) is 0. The van der Waals surface area contributed by atoms with Crippen LogP contribution in [0.25, 0.3) is 22.2 Å². The number of carbonyl (C=O) groups excluding carboxylic acids is 1. The maximum atomic E-state index is 13.5. The summed E-state index contributed by atoms with van der Waals surface area (Å²) in [5, 5.41) is 0.833. The Balaban J connectivity index is 1.48. The quantitative estimate of drug-likeness (QED) is 0.500. The normalized spacial score (nSPS) is 12.5. The molecule has 154 valence electrons. The zero-order valence-corrected chi connectivity index (χ0v) is 17.1. The second-order valence-electron chi connectivity index (χ2n) is 7.45. The Morgan fingerprint density at radius 1 is 0.968 bits per heavy atom. The van der Waals surface area contributed by atoms with E-state index in [4.69, 9.17) is 14.5 Å². The van der Waals surface area contributed by atoms with Crippen molar-refractivity contribution in [3.05, 3.63) is 84.2 Å². The molecule has 0 atom stereocenters. The van der Waals surface area contributed by atoms with E-state index in [0.717, 1.165) is 39.2 Å². The molecule has 3 heterocycles. The first kappa shape index (κ1) is 19.1. The predicted molar refractivity (Wildman–Crippen MR) is 118 cm³/mol. The van der Waals surface area contributed by atoms with Crippen LogP contribution < -0.4 is 9.47 Å². The summed E-state index contributed by atoms with van der Waals surface area (Å²) in [6.07, 6.45) is 3.45. The minimum atomic E-state index is -0.0659. The fraction of sp³-hybridized carbons (Fsp3) is 0.160. The maximum Gasteiger partial charge on any atom is 0.254 e. The first-order chi connectivity index (χ1) is 15.2. The van der Waals surface area contributed by atoms with Crippen molar-refractivity contribution >= 4 is 16.8 Å². The number of amides is 1. The Kier molecular flexibility index (Phi) is 4.96. The van der Waals surface area contributed by atoms with Crippen LogP contribution in [0.2, 0.25) is 0 Å². The number of aromatic nitrogens is 2. The van der Waals surface area contributed by atoms with Crippen LogP contribution in [0.15, 0.2) is 73.1 Å². The monoisotopic (exact) mass is 411 g/mol. The van der Waals surface area contributed by atoms with Crippen LogP contribution >= 0.6 is 0 Å². The van der Waals surface area contributed by atoms with Crippen molar-refractivity contribution in [3.63, 3.8) is 0 Å². The second-order valence-corrected chi connectivity index (χ2v) is 7.45. The van der Waals surface area contributed by atoms with E-state index >= 15 is 0 Å². The van der Waals surface area contributed by atoms with Crippen molar-refractivity contribution in [3.8, 4) is 22.8 Å². The SMILES string of the molecule is CN(Cc1ccc2c(c1)OCCO2)C(=O)c1cc(-c2ccncc2)nc2ccccc12. The molecule has 31 heavy (non-hydrogen) atoms. The lowest BCUT2D eigenvalue weighted by Gasteiger charge is -2.22. The van der Waals surface area contributed by atoms with Crippen LogP contribution in [0.4, 0.5) is 0 Å². The highest BCUT2D eigenvalue weighted by molar-refractivity contribution is 6.07. The average Bonchev–Trinajstić information content (AvgIpc) is 2.83. The Morgan fingerprint density at radius 3 is 2.58 bits per heavy atom. The number of benzene rings is 2. The Morgan fingerprint density at radius 2 is 1.74 bits per heavy atom. The van der Waals surface area contributed by atoms with E-state index in [1.807, 2.05) is 60.7 Å². The summed E-state index contributed by atoms with van der Waals surface area (Å²) in [7, 11) is 1.81. The molecule has 1 aliphatic rings. The van der Waals surface area contributed by atoms with E-state index in [0.29, 0.717) is 25.3 Å². The van der Waals surface area contributed by atoms with Gasteiger partial charge in [-0.1, -0.05) is 24.3 Å². The topological polar surface area (TPSA) is 64.6 Å². The number of para-hydroxylation sites is 1. The summed E-state index contributed by atoms with van der Waals surface area (Å²) >= 11 is 0. The third kappa shape index (κ3) is 3.80. The predicted octanol–water partition coefficient (Wildman–Crippen LogP) is 4.34. The molecule has 0 saturated heterocycles. The van der Waals surface area contributed by atoms with E-state index in [1.165, 1.54) is 0 Å². The fourth-order valence-electron chi connectivity index (χ4n) is 3.76. The molecule has 0 spiro atoms. The van der Waals surface area contributed by atoms with E-state index in [1.54, 1.807) is 24.3 Å². The van der Waals surface area contributed by atoms with Gasteiger partial charge in [0, 0.05) is 36.9 Å². The molecule has 6 nitrogen and oxygen atoms in total. The molecule has 4 aromatic rings. The van der Waals surface area contributed by atoms with E-state index in [2.05, 4.69) is 4.98 Å². The van der Waals surface area contributed by atoms with Crippen molar-refractivity contribution in [2.24, 2.45) is 0 Å². The summed E-state index contributed by atoms with van der Waals surface area (Å²) in [5.41, 5.74) is 4.06. The highest BCUT2D eigenvalue weighted by atomic mass is 16.6. The standard InChI is InChI=1S/C25H21N3O3/c1-28(16-17-6-7-23-24(14-17)31-13-12-30-23)25(29)20-15-22(18-8-10-26-11-9-18)27-21-5-3-2-4-19(20)21/h2-11,14-15H,12-13,16H2,1H3. The molecule has 0 N–H and O–H groups in total. The zero-order chi connectivity index (χ0) is 21.2. The number of fused-ring (bicyclic) bond motifs is 2. The van der Waals surface area contributed by atoms with Gasteiger partial charge in [-0.25, -0.2) is 4.98 Å². The summed E-state index contributed by atoms with van der Waals surface area (Å²) in [6.45, 7) is 1.54. The highest BCUT2D eigenvalue weighted by Crippen LogP contribution is 2.31. The maximum absolute atomic E-state index is 13.5. The van der Waals surface area contributed by atoms with Crippen molar-refractivity contribution in [1.82, 2.24) is 14.9 Å². The lowest BCUT2D eigenvalue weighted by atomic mass is 10.0. The fourth-order valence-corrected chi connectivity index (χ4v) is 3.76. The van der Waals surface area contributed by atoms with Gasteiger partial charge in [-0.3, -0.25) is 9.78 Å². The molecule has 0 radical (unpaired) electrons. The van der Waals surface area contributed by atoms with Gasteiger partial charge in [0.1, 0.15) is 13.2 Å². The van der Waals surface area contributed by atoms with Crippen molar-refractivity contribution in [2.45, 2.75) is 6.54 Å². The van der Waals surface area contributed by atoms with Crippen LogP contribution in [0.5, 0.6) is 11.5 Å². The smallest absolute Gasteiger partial charge is 0.254 e. The lowest BCUT2D eigenvalue weighted by molar-refractivity contribution is 0.0786. The van der Waals surface area contributed by atoms with Crippen molar-refractivity contribution < 1.29 is 14.3 Å². The first-order valence-electron chi connectivity index (χ1n) is 10.1. The van der Waals surface area contributed by atoms with Crippen molar-refractivity contribution in [2.75, 3.05) is 20.3 Å². The average molecular weight is 411 g/mol. The molecule has 0 saturated carbocycles. The Bertz CT molecular complexity index is 1260. The van der Waals surface area contributed by atoms with E-state index in [-0.39, 0.29) is 5.91 Å². The third-order valence-corrected chi connectivity index (χ3v) is 5.30. The number of rotatable bonds is 4. The van der Waals surface area contributed by atoms with Gasteiger partial charge in [-0.05, 0) is 42.0 Å². The minimum Gasteiger partial charge on any atom is -0.486 e. The molecule has 0 unspecified atom stereocenters. The largest absolute Gasteiger partial charge is 0.486 e. The Labute approximate surface area is 180 Å². The summed E-state index contributed by atoms with van der Waals surface area (Å²) in [6, 6.07) is 19.2. The Hall–Kier alpha value is -3.93. The van der Waals surface area contributed by atoms with E-state index < -0.39 is 0 Å². The van der Waals surface area contributed by atoms with Gasteiger partial charge in [0.2, 0.25) is 0 Å². The number of carbonyl (C=O) groups is 1. The molecule has 0 fully saturated rings. The summed E-state index contributed by atoms with van der Waals surface area (Å²) in [5.74, 6) is 1.40. The summed E-state index contributed by atoms with van der Waals surface area (Å²) < 4.78 is 11.3. The zero-order valence-electron chi connectivity index (χ0n) is 17.1. The van der Waals surface area contributed by atoms with Gasteiger partial charge in [0.15, 0.2) is 11.5 Å². The molecule has 5 rings (SSSR count). The van der Waals surface area contributed by atoms with Crippen molar-refractivity contribution in [1.29, 1.82) is 0 Å². The van der Waals surface area contributed by atoms with Gasteiger partial charge < -0.3 is 14.4 Å². The van der Waals surface area contributed by atoms with Crippen LogP contribution in [0.1, 0.15) is 15.9 Å². The molecular formula is C25H21N3O3. The molecule has 1 amide bonds. The first-order valence-corrected chi connectivity index (χ1v) is 10.1. The van der Waals surface area contributed by atoms with Crippen LogP contribution in [0.3, 0.4) is 0 Å². The lowest BCUT2D eigenvalue weighted by Crippen LogP contribution is -2.26. The van der Waals surface area contributed by atoms with Gasteiger partial charge in [0.05, 0.1) is 16.8 Å². The minimum absolute atomic E-state index is 0.0659. The molecule has 0 aliphatic carbocycles. The molecule has 2 aromatic carbocycles. The van der Waals surface area contributed by atoms with E-state index in [9.17, 15) is 4.79 Å². The number of nitrogens with zero attached hydrogens (tertiary/aromatic N) is 3.